The predicted octanol–water partition coefficient (Wildman–Crippen LogP) is 5.25. The maximum atomic E-state index is 13.8. The molecule has 182 valence electrons. The zero-order valence-corrected chi connectivity index (χ0v) is 20.8. The van der Waals surface area contributed by atoms with Crippen molar-refractivity contribution in [1.82, 2.24) is 0 Å². The molecule has 0 heterocycles. The van der Waals surface area contributed by atoms with E-state index in [1.54, 1.807) is 27.7 Å². The largest absolute Gasteiger partial charge is 0.390 e. The fraction of sp³-hybridized carbons (Fsp3) is 0.542. The number of carbonyl (C=O) groups is 1. The number of carbonyl (C=O) groups excluding carboxylic acids is 1. The molecule has 1 fully saturated rings. The number of benzene rings is 1. The van der Waals surface area contributed by atoms with Gasteiger partial charge in [0.15, 0.2) is 21.5 Å². The third kappa shape index (κ3) is 5.17. The summed E-state index contributed by atoms with van der Waals surface area (Å²) in [7, 11) is -3.94. The molecule has 0 bridgehead atoms. The Bertz CT molecular complexity index is 1110. The molecular weight excluding hydrogens is 472 g/mol. The number of rotatable bonds is 5. The second-order valence-corrected chi connectivity index (χ2v) is 13.4. The van der Waals surface area contributed by atoms with Crippen LogP contribution in [0.15, 0.2) is 40.8 Å². The summed E-state index contributed by atoms with van der Waals surface area (Å²) in [6.45, 7) is 6.69. The molecule has 2 aliphatic carbocycles. The maximum absolute atomic E-state index is 13.8. The Morgan fingerprint density at radius 1 is 1.18 bits per heavy atom. The zero-order chi connectivity index (χ0) is 24.8. The molecule has 5 nitrogen and oxygen atoms in total. The Balaban J connectivity index is 1.90. The van der Waals surface area contributed by atoms with Gasteiger partial charge >= 0.3 is 0 Å². The lowest BCUT2D eigenvalue weighted by molar-refractivity contribution is -0.112. The second kappa shape index (κ2) is 8.78. The van der Waals surface area contributed by atoms with Crippen molar-refractivity contribution < 1.29 is 27.1 Å². The highest BCUT2D eigenvalue weighted by atomic mass is 35.5. The van der Waals surface area contributed by atoms with E-state index in [9.17, 15) is 27.1 Å². The summed E-state index contributed by atoms with van der Waals surface area (Å²) in [6, 6.07) is 2.96. The quantitative estimate of drug-likeness (QED) is 0.540. The van der Waals surface area contributed by atoms with Crippen LogP contribution in [0.5, 0.6) is 0 Å². The molecule has 1 atom stereocenters. The average molecular weight is 502 g/mol. The maximum Gasteiger partial charge on any atom is 0.255 e. The molecule has 0 aliphatic heterocycles. The minimum Gasteiger partial charge on any atom is -0.390 e. The number of aliphatic hydroxyl groups is 1. The first-order valence-corrected chi connectivity index (χ1v) is 12.8. The molecule has 2 aliphatic rings. The first-order valence-electron chi connectivity index (χ1n) is 10.9. The minimum atomic E-state index is -3.94. The number of anilines is 1. The van der Waals surface area contributed by atoms with Gasteiger partial charge in [0.05, 0.1) is 20.1 Å². The van der Waals surface area contributed by atoms with Gasteiger partial charge in [0, 0.05) is 17.3 Å². The normalized spacial score (nSPS) is 28.7. The van der Waals surface area contributed by atoms with Gasteiger partial charge in [-0.25, -0.2) is 17.2 Å². The summed E-state index contributed by atoms with van der Waals surface area (Å²) in [4.78, 5) is 11.5. The molecule has 2 N–H and O–H groups in total. The van der Waals surface area contributed by atoms with Crippen molar-refractivity contribution >= 4 is 33.0 Å². The van der Waals surface area contributed by atoms with Crippen LogP contribution in [0, 0.1) is 17.6 Å². The molecule has 33 heavy (non-hydrogen) atoms. The molecule has 0 spiro atoms. The van der Waals surface area contributed by atoms with Gasteiger partial charge in [-0.05, 0) is 83.9 Å². The lowest BCUT2D eigenvalue weighted by atomic mass is 9.75. The van der Waals surface area contributed by atoms with E-state index >= 15 is 0 Å². The first-order chi connectivity index (χ1) is 15.1. The third-order valence-electron chi connectivity index (χ3n) is 6.97. The first kappa shape index (κ1) is 25.8. The van der Waals surface area contributed by atoms with Crippen LogP contribution in [0.25, 0.3) is 0 Å². The molecule has 1 aromatic rings. The Morgan fingerprint density at radius 3 is 2.36 bits per heavy atom. The fourth-order valence-electron chi connectivity index (χ4n) is 4.48. The molecule has 0 saturated heterocycles. The highest BCUT2D eigenvalue weighted by Gasteiger charge is 2.50. The zero-order valence-electron chi connectivity index (χ0n) is 19.2. The van der Waals surface area contributed by atoms with E-state index in [0.717, 1.165) is 12.1 Å². The highest BCUT2D eigenvalue weighted by molar-refractivity contribution is 7.96. The van der Waals surface area contributed by atoms with Gasteiger partial charge in [0.2, 0.25) is 0 Å². The van der Waals surface area contributed by atoms with E-state index in [2.05, 4.69) is 5.32 Å². The summed E-state index contributed by atoms with van der Waals surface area (Å²) in [5, 5.41) is 12.7. The van der Waals surface area contributed by atoms with E-state index in [0.29, 0.717) is 25.7 Å². The standard InChI is InChI=1S/C24H30ClF2NO4S/c1-22(2,16-8-10-23(3,30)11-9-16)33(31,32)20-13-15(7-12-24(20,4)25)21(29)28-17-5-6-18(26)19(27)14-17/h5-7,13-14,16,30H,8-12H2,1-4H3,(H,28,29). The van der Waals surface area contributed by atoms with Crippen LogP contribution >= 0.6 is 11.6 Å². The van der Waals surface area contributed by atoms with Crippen LogP contribution in [0.1, 0.15) is 59.8 Å². The van der Waals surface area contributed by atoms with Crippen molar-refractivity contribution in [1.29, 1.82) is 0 Å². The lowest BCUT2D eigenvalue weighted by Gasteiger charge is -2.43. The van der Waals surface area contributed by atoms with Crippen LogP contribution in [0.3, 0.4) is 0 Å². The molecule has 0 aromatic heterocycles. The summed E-state index contributed by atoms with van der Waals surface area (Å²) in [5.74, 6) is -2.97. The smallest absolute Gasteiger partial charge is 0.255 e. The molecule has 1 aromatic carbocycles. The molecule has 0 radical (unpaired) electrons. The lowest BCUT2D eigenvalue weighted by Crippen LogP contribution is -2.47. The second-order valence-electron chi connectivity index (χ2n) is 10.0. The fourth-order valence-corrected chi connectivity index (χ4v) is 7.09. The Kier molecular flexibility index (Phi) is 6.88. The van der Waals surface area contributed by atoms with Gasteiger partial charge in [0.25, 0.3) is 5.91 Å². The summed E-state index contributed by atoms with van der Waals surface area (Å²) < 4.78 is 53.1. The molecule has 3 rings (SSSR count). The van der Waals surface area contributed by atoms with Gasteiger partial charge in [-0.3, -0.25) is 4.79 Å². The predicted molar refractivity (Wildman–Crippen MR) is 126 cm³/mol. The number of hydrogen-bond acceptors (Lipinski definition) is 4. The number of hydrogen-bond donors (Lipinski definition) is 2. The Morgan fingerprint density at radius 2 is 1.79 bits per heavy atom. The summed E-state index contributed by atoms with van der Waals surface area (Å²) >= 11 is 6.63. The molecule has 9 heteroatoms. The molecular formula is C24H30ClF2NO4S. The van der Waals surface area contributed by atoms with Gasteiger partial charge in [0.1, 0.15) is 0 Å². The third-order valence-corrected chi connectivity index (χ3v) is 10.3. The number of sulfone groups is 1. The Labute approximate surface area is 198 Å². The monoisotopic (exact) mass is 501 g/mol. The van der Waals surface area contributed by atoms with Crippen molar-refractivity contribution in [2.24, 2.45) is 5.92 Å². The number of alkyl halides is 1. The SMILES string of the molecule is CC1(O)CCC(C(C)(C)S(=O)(=O)C2=CC(C(=O)Nc3ccc(F)c(F)c3)=CCC2(C)Cl)CC1. The van der Waals surface area contributed by atoms with Gasteiger partial charge < -0.3 is 10.4 Å². The van der Waals surface area contributed by atoms with Crippen LogP contribution in [-0.4, -0.2) is 34.7 Å². The summed E-state index contributed by atoms with van der Waals surface area (Å²) in [5.41, 5.74) is -0.667. The molecule has 1 unspecified atom stereocenters. The number of halogens is 3. The average Bonchev–Trinajstić information content (AvgIpc) is 2.69. The van der Waals surface area contributed by atoms with Gasteiger partial charge in [-0.15, -0.1) is 11.6 Å². The highest BCUT2D eigenvalue weighted by Crippen LogP contribution is 2.47. The summed E-state index contributed by atoms with van der Waals surface area (Å²) in [6.07, 6.45) is 5.06. The van der Waals surface area contributed by atoms with Crippen LogP contribution in [0.4, 0.5) is 14.5 Å². The van der Waals surface area contributed by atoms with Gasteiger partial charge in [-0.1, -0.05) is 6.08 Å². The topological polar surface area (TPSA) is 83.5 Å². The number of allylic oxidation sites excluding steroid dienone is 2. The van der Waals surface area contributed by atoms with Crippen LogP contribution in [-0.2, 0) is 14.6 Å². The van der Waals surface area contributed by atoms with Crippen molar-refractivity contribution in [3.63, 3.8) is 0 Å². The Hall–Kier alpha value is -1.77. The number of nitrogens with one attached hydrogen (secondary N) is 1. The van der Waals surface area contributed by atoms with Crippen molar-refractivity contribution in [3.8, 4) is 0 Å². The van der Waals surface area contributed by atoms with E-state index in [1.165, 1.54) is 18.2 Å². The van der Waals surface area contributed by atoms with E-state index < -0.39 is 42.6 Å². The number of amides is 1. The van der Waals surface area contributed by atoms with E-state index in [-0.39, 0.29) is 28.5 Å². The van der Waals surface area contributed by atoms with Crippen molar-refractivity contribution in [2.75, 3.05) is 5.32 Å². The van der Waals surface area contributed by atoms with Crippen LogP contribution < -0.4 is 5.32 Å². The van der Waals surface area contributed by atoms with Gasteiger partial charge in [-0.2, -0.15) is 0 Å². The van der Waals surface area contributed by atoms with Crippen molar-refractivity contribution in [3.05, 3.63) is 52.5 Å². The molecule has 1 saturated carbocycles. The van der Waals surface area contributed by atoms with E-state index in [1.807, 2.05) is 0 Å². The van der Waals surface area contributed by atoms with Crippen molar-refractivity contribution in [2.45, 2.75) is 75.0 Å². The van der Waals surface area contributed by atoms with Crippen LogP contribution in [0.2, 0.25) is 0 Å². The van der Waals surface area contributed by atoms with E-state index in [4.69, 9.17) is 11.6 Å². The minimum absolute atomic E-state index is 0.0445. The molecule has 1 amide bonds.